The molecule has 2 rings (SSSR count). The molecule has 1 heterocycles. The minimum absolute atomic E-state index is 0.926. The SMILES string of the molecule is Cn1ccc2c(/C=C/C(=O)O)cccc21. The van der Waals surface area contributed by atoms with Crippen molar-refractivity contribution in [1.82, 2.24) is 4.57 Å². The van der Waals surface area contributed by atoms with Crippen LogP contribution in [0, 0.1) is 0 Å². The van der Waals surface area contributed by atoms with E-state index in [0.717, 1.165) is 22.5 Å². The van der Waals surface area contributed by atoms with E-state index in [4.69, 9.17) is 5.11 Å². The second kappa shape index (κ2) is 3.61. The Labute approximate surface area is 87.3 Å². The van der Waals surface area contributed by atoms with Crippen LogP contribution in [0.25, 0.3) is 17.0 Å². The van der Waals surface area contributed by atoms with Gasteiger partial charge in [0.1, 0.15) is 0 Å². The minimum atomic E-state index is -0.928. The maximum atomic E-state index is 10.4. The van der Waals surface area contributed by atoms with Crippen LogP contribution in [0.5, 0.6) is 0 Å². The van der Waals surface area contributed by atoms with Gasteiger partial charge in [-0.25, -0.2) is 4.79 Å². The van der Waals surface area contributed by atoms with Gasteiger partial charge in [0.25, 0.3) is 0 Å². The lowest BCUT2D eigenvalue weighted by atomic mass is 10.1. The van der Waals surface area contributed by atoms with Crippen LogP contribution < -0.4 is 0 Å². The van der Waals surface area contributed by atoms with Crippen LogP contribution in [-0.4, -0.2) is 15.6 Å². The highest BCUT2D eigenvalue weighted by atomic mass is 16.4. The Bertz CT molecular complexity index is 538. The highest BCUT2D eigenvalue weighted by Gasteiger charge is 2.00. The van der Waals surface area contributed by atoms with E-state index in [1.807, 2.05) is 42.1 Å². The van der Waals surface area contributed by atoms with Crippen molar-refractivity contribution >= 4 is 22.9 Å². The fourth-order valence-corrected chi connectivity index (χ4v) is 1.63. The van der Waals surface area contributed by atoms with Crippen molar-refractivity contribution in [2.24, 2.45) is 7.05 Å². The zero-order valence-corrected chi connectivity index (χ0v) is 8.34. The summed E-state index contributed by atoms with van der Waals surface area (Å²) in [6.07, 6.45) is 4.73. The van der Waals surface area contributed by atoms with E-state index in [9.17, 15) is 4.79 Å². The first-order valence-electron chi connectivity index (χ1n) is 4.63. The van der Waals surface area contributed by atoms with Crippen LogP contribution >= 0.6 is 0 Å². The van der Waals surface area contributed by atoms with Crippen molar-refractivity contribution < 1.29 is 9.90 Å². The average Bonchev–Trinajstić information content (AvgIpc) is 2.58. The Balaban J connectivity index is 2.56. The lowest BCUT2D eigenvalue weighted by molar-refractivity contribution is -0.131. The lowest BCUT2D eigenvalue weighted by Gasteiger charge is -1.98. The molecule has 0 aliphatic carbocycles. The van der Waals surface area contributed by atoms with Gasteiger partial charge in [0.2, 0.25) is 0 Å². The number of nitrogens with zero attached hydrogens (tertiary/aromatic N) is 1. The fourth-order valence-electron chi connectivity index (χ4n) is 1.63. The molecule has 15 heavy (non-hydrogen) atoms. The maximum absolute atomic E-state index is 10.4. The third-order valence-electron chi connectivity index (χ3n) is 2.37. The van der Waals surface area contributed by atoms with E-state index in [2.05, 4.69) is 0 Å². The van der Waals surface area contributed by atoms with Gasteiger partial charge in [-0.1, -0.05) is 12.1 Å². The molecule has 76 valence electrons. The van der Waals surface area contributed by atoms with E-state index in [1.165, 1.54) is 0 Å². The summed E-state index contributed by atoms with van der Waals surface area (Å²) in [6, 6.07) is 7.82. The quantitative estimate of drug-likeness (QED) is 0.757. The predicted octanol–water partition coefficient (Wildman–Crippen LogP) is 2.28. The summed E-state index contributed by atoms with van der Waals surface area (Å²) in [6.45, 7) is 0. The molecule has 0 unspecified atom stereocenters. The van der Waals surface area contributed by atoms with Crippen LogP contribution in [-0.2, 0) is 11.8 Å². The van der Waals surface area contributed by atoms with Gasteiger partial charge in [0, 0.05) is 30.2 Å². The number of aryl methyl sites for hydroxylation is 1. The monoisotopic (exact) mass is 201 g/mol. The number of rotatable bonds is 2. The first-order valence-corrected chi connectivity index (χ1v) is 4.63. The third-order valence-corrected chi connectivity index (χ3v) is 2.37. The van der Waals surface area contributed by atoms with E-state index in [1.54, 1.807) is 6.08 Å². The standard InChI is InChI=1S/C12H11NO2/c1-13-8-7-10-9(5-6-12(14)15)3-2-4-11(10)13/h2-8H,1H3,(H,14,15)/b6-5+. The molecule has 0 aliphatic rings. The Morgan fingerprint density at radius 2 is 2.20 bits per heavy atom. The molecule has 0 spiro atoms. The summed E-state index contributed by atoms with van der Waals surface area (Å²) in [5.74, 6) is -0.928. The summed E-state index contributed by atoms with van der Waals surface area (Å²) >= 11 is 0. The summed E-state index contributed by atoms with van der Waals surface area (Å²) in [7, 11) is 1.97. The molecule has 0 bridgehead atoms. The molecule has 0 saturated heterocycles. The first kappa shape index (κ1) is 9.52. The summed E-state index contributed by atoms with van der Waals surface area (Å²) < 4.78 is 2.01. The van der Waals surface area contributed by atoms with Crippen LogP contribution in [0.1, 0.15) is 5.56 Å². The Kier molecular flexibility index (Phi) is 2.29. The van der Waals surface area contributed by atoms with Gasteiger partial charge < -0.3 is 9.67 Å². The number of fused-ring (bicyclic) bond motifs is 1. The summed E-state index contributed by atoms with van der Waals surface area (Å²) in [4.78, 5) is 10.4. The van der Waals surface area contributed by atoms with E-state index < -0.39 is 5.97 Å². The molecular formula is C12H11NO2. The largest absolute Gasteiger partial charge is 0.478 e. The molecular weight excluding hydrogens is 190 g/mol. The van der Waals surface area contributed by atoms with Gasteiger partial charge in [-0.3, -0.25) is 0 Å². The minimum Gasteiger partial charge on any atom is -0.478 e. The van der Waals surface area contributed by atoms with E-state index in [0.29, 0.717) is 0 Å². The van der Waals surface area contributed by atoms with Gasteiger partial charge in [-0.2, -0.15) is 0 Å². The van der Waals surface area contributed by atoms with Gasteiger partial charge in [-0.05, 0) is 23.8 Å². The zero-order valence-electron chi connectivity index (χ0n) is 8.34. The molecule has 0 radical (unpaired) electrons. The van der Waals surface area contributed by atoms with Crippen molar-refractivity contribution in [3.63, 3.8) is 0 Å². The number of hydrogen-bond donors (Lipinski definition) is 1. The summed E-state index contributed by atoms with van der Waals surface area (Å²) in [5.41, 5.74) is 2.03. The Morgan fingerprint density at radius 3 is 2.93 bits per heavy atom. The van der Waals surface area contributed by atoms with Crippen LogP contribution in [0.3, 0.4) is 0 Å². The third kappa shape index (κ3) is 1.76. The molecule has 1 N–H and O–H groups in total. The normalized spacial score (nSPS) is 11.3. The fraction of sp³-hybridized carbons (Fsp3) is 0.0833. The molecule has 0 saturated carbocycles. The number of hydrogen-bond acceptors (Lipinski definition) is 1. The second-order valence-electron chi connectivity index (χ2n) is 3.38. The number of carboxylic acid groups (broad SMARTS) is 1. The molecule has 0 aliphatic heterocycles. The Hall–Kier alpha value is -2.03. The number of aromatic nitrogens is 1. The van der Waals surface area contributed by atoms with Crippen molar-refractivity contribution in [3.05, 3.63) is 42.1 Å². The van der Waals surface area contributed by atoms with Crippen LogP contribution in [0.15, 0.2) is 36.5 Å². The molecule has 0 atom stereocenters. The molecule has 0 amide bonds. The zero-order chi connectivity index (χ0) is 10.8. The second-order valence-corrected chi connectivity index (χ2v) is 3.38. The van der Waals surface area contributed by atoms with E-state index in [-0.39, 0.29) is 0 Å². The van der Waals surface area contributed by atoms with Crippen LogP contribution in [0.4, 0.5) is 0 Å². The topological polar surface area (TPSA) is 42.2 Å². The average molecular weight is 201 g/mol. The first-order chi connectivity index (χ1) is 7.18. The van der Waals surface area contributed by atoms with E-state index >= 15 is 0 Å². The predicted molar refractivity (Wildman–Crippen MR) is 59.6 cm³/mol. The number of benzene rings is 1. The lowest BCUT2D eigenvalue weighted by Crippen LogP contribution is -1.87. The molecule has 0 fully saturated rings. The highest BCUT2D eigenvalue weighted by Crippen LogP contribution is 2.20. The van der Waals surface area contributed by atoms with Crippen molar-refractivity contribution in [2.75, 3.05) is 0 Å². The molecule has 3 nitrogen and oxygen atoms in total. The molecule has 1 aromatic carbocycles. The Morgan fingerprint density at radius 1 is 1.40 bits per heavy atom. The van der Waals surface area contributed by atoms with Crippen molar-refractivity contribution in [2.45, 2.75) is 0 Å². The van der Waals surface area contributed by atoms with Gasteiger partial charge in [-0.15, -0.1) is 0 Å². The van der Waals surface area contributed by atoms with Crippen molar-refractivity contribution in [3.8, 4) is 0 Å². The van der Waals surface area contributed by atoms with Crippen molar-refractivity contribution in [1.29, 1.82) is 0 Å². The molecule has 1 aromatic heterocycles. The molecule has 2 aromatic rings. The molecule has 3 heteroatoms. The summed E-state index contributed by atoms with van der Waals surface area (Å²) in [5, 5.41) is 9.63. The maximum Gasteiger partial charge on any atom is 0.328 e. The van der Waals surface area contributed by atoms with Gasteiger partial charge >= 0.3 is 5.97 Å². The number of carboxylic acids is 1. The smallest absolute Gasteiger partial charge is 0.328 e. The highest BCUT2D eigenvalue weighted by molar-refractivity contribution is 5.93. The van der Waals surface area contributed by atoms with Crippen LogP contribution in [0.2, 0.25) is 0 Å². The number of carbonyl (C=O) groups is 1. The van der Waals surface area contributed by atoms with Gasteiger partial charge in [0.15, 0.2) is 0 Å². The van der Waals surface area contributed by atoms with Gasteiger partial charge in [0.05, 0.1) is 0 Å². The number of aliphatic carboxylic acids is 1.